The Morgan fingerprint density at radius 2 is 1.73 bits per heavy atom. The molecule has 0 spiro atoms. The van der Waals surface area contributed by atoms with Crippen LogP contribution in [0.25, 0.3) is 0 Å². The number of methoxy groups -OCH3 is 1. The lowest BCUT2D eigenvalue weighted by Crippen LogP contribution is -2.44. The summed E-state index contributed by atoms with van der Waals surface area (Å²) in [4.78, 5) is 2.81. The molecular formula is C29H40N2O2. The highest BCUT2D eigenvalue weighted by molar-refractivity contribution is 5.40. The van der Waals surface area contributed by atoms with Crippen molar-refractivity contribution in [1.82, 2.24) is 10.2 Å². The predicted octanol–water partition coefficient (Wildman–Crippen LogP) is 5.69. The number of piperidine rings is 1. The van der Waals surface area contributed by atoms with Crippen LogP contribution in [0.15, 0.2) is 42.5 Å². The zero-order chi connectivity index (χ0) is 22.6. The number of nitrogens with one attached hydrogen (secondary N) is 1. The summed E-state index contributed by atoms with van der Waals surface area (Å²) < 4.78 is 11.8. The third-order valence-electron chi connectivity index (χ3n) is 8.13. The van der Waals surface area contributed by atoms with Crippen LogP contribution >= 0.6 is 0 Å². The van der Waals surface area contributed by atoms with Gasteiger partial charge < -0.3 is 14.8 Å². The minimum Gasteiger partial charge on any atom is -0.497 e. The van der Waals surface area contributed by atoms with E-state index in [4.69, 9.17) is 9.47 Å². The summed E-state index contributed by atoms with van der Waals surface area (Å²) >= 11 is 0. The van der Waals surface area contributed by atoms with E-state index >= 15 is 0 Å². The van der Waals surface area contributed by atoms with Gasteiger partial charge in [0.2, 0.25) is 0 Å². The fourth-order valence-electron chi connectivity index (χ4n) is 6.24. The van der Waals surface area contributed by atoms with Crippen molar-refractivity contribution in [2.45, 2.75) is 88.9 Å². The summed E-state index contributed by atoms with van der Waals surface area (Å²) in [5, 5.41) is 3.61. The highest BCUT2D eigenvalue weighted by Gasteiger charge is 2.34. The van der Waals surface area contributed by atoms with Crippen molar-refractivity contribution < 1.29 is 9.47 Å². The molecule has 33 heavy (non-hydrogen) atoms. The van der Waals surface area contributed by atoms with Crippen molar-refractivity contribution in [3.63, 3.8) is 0 Å². The monoisotopic (exact) mass is 448 g/mol. The summed E-state index contributed by atoms with van der Waals surface area (Å²) in [5.74, 6) is 1.96. The van der Waals surface area contributed by atoms with E-state index in [1.54, 1.807) is 7.11 Å². The molecule has 1 aliphatic carbocycles. The Hall–Kier alpha value is -2.04. The fraction of sp³-hybridized carbons (Fsp3) is 0.586. The maximum absolute atomic E-state index is 6.30. The first-order chi connectivity index (χ1) is 16.2. The predicted molar refractivity (Wildman–Crippen MR) is 134 cm³/mol. The van der Waals surface area contributed by atoms with Gasteiger partial charge in [-0.2, -0.15) is 0 Å². The van der Waals surface area contributed by atoms with Crippen LogP contribution in [-0.2, 0) is 12.8 Å². The van der Waals surface area contributed by atoms with Crippen molar-refractivity contribution in [2.24, 2.45) is 0 Å². The topological polar surface area (TPSA) is 33.7 Å². The maximum Gasteiger partial charge on any atom is 0.119 e. The quantitative estimate of drug-likeness (QED) is 0.590. The summed E-state index contributed by atoms with van der Waals surface area (Å²) in [6, 6.07) is 17.3. The average molecular weight is 449 g/mol. The van der Waals surface area contributed by atoms with Crippen LogP contribution in [0.3, 0.4) is 0 Å². The Morgan fingerprint density at radius 3 is 2.45 bits per heavy atom. The Balaban J connectivity index is 1.31. The SMILES string of the molecule is COc1ccc2c(c1)CCN(C1CCCC1)C2Cc1ccc(OC(C)C2CCCCN2)cc1. The van der Waals surface area contributed by atoms with Crippen molar-refractivity contribution >= 4 is 0 Å². The second-order valence-corrected chi connectivity index (χ2v) is 10.2. The molecule has 2 heterocycles. The molecular weight excluding hydrogens is 408 g/mol. The first kappa shape index (κ1) is 22.7. The molecule has 3 atom stereocenters. The average Bonchev–Trinajstić information content (AvgIpc) is 3.40. The first-order valence-electron chi connectivity index (χ1n) is 13.1. The van der Waals surface area contributed by atoms with Gasteiger partial charge in [0, 0.05) is 24.7 Å². The molecule has 2 aromatic rings. The van der Waals surface area contributed by atoms with E-state index in [0.717, 1.165) is 43.5 Å². The molecule has 4 heteroatoms. The van der Waals surface area contributed by atoms with Gasteiger partial charge in [0.05, 0.1) is 7.11 Å². The van der Waals surface area contributed by atoms with Gasteiger partial charge in [0.25, 0.3) is 0 Å². The Morgan fingerprint density at radius 1 is 0.970 bits per heavy atom. The molecule has 1 saturated carbocycles. The van der Waals surface area contributed by atoms with Crippen LogP contribution in [0.4, 0.5) is 0 Å². The van der Waals surface area contributed by atoms with Crippen LogP contribution in [0.1, 0.15) is 74.6 Å². The van der Waals surface area contributed by atoms with Crippen molar-refractivity contribution in [1.29, 1.82) is 0 Å². The molecule has 2 aliphatic heterocycles. The highest BCUT2D eigenvalue weighted by atomic mass is 16.5. The summed E-state index contributed by atoms with van der Waals surface area (Å²) in [6.45, 7) is 4.47. The molecule has 4 nitrogen and oxygen atoms in total. The molecule has 0 aromatic heterocycles. The number of benzene rings is 2. The number of hydrogen-bond donors (Lipinski definition) is 1. The number of hydrogen-bond acceptors (Lipinski definition) is 4. The summed E-state index contributed by atoms with van der Waals surface area (Å²) in [7, 11) is 1.77. The van der Waals surface area contributed by atoms with Crippen molar-refractivity contribution in [2.75, 3.05) is 20.2 Å². The zero-order valence-corrected chi connectivity index (χ0v) is 20.4. The summed E-state index contributed by atoms with van der Waals surface area (Å²) in [5.41, 5.74) is 4.34. The van der Waals surface area contributed by atoms with Gasteiger partial charge in [-0.15, -0.1) is 0 Å². The smallest absolute Gasteiger partial charge is 0.119 e. The highest BCUT2D eigenvalue weighted by Crippen LogP contribution is 2.39. The van der Waals surface area contributed by atoms with Gasteiger partial charge in [-0.05, 0) is 92.9 Å². The Kier molecular flexibility index (Phi) is 7.22. The summed E-state index contributed by atoms with van der Waals surface area (Å²) in [6.07, 6.45) is 11.6. The Labute approximate surface area is 199 Å². The molecule has 178 valence electrons. The lowest BCUT2D eigenvalue weighted by Gasteiger charge is -2.41. The van der Waals surface area contributed by atoms with Gasteiger partial charge >= 0.3 is 0 Å². The van der Waals surface area contributed by atoms with Gasteiger partial charge in [0.1, 0.15) is 17.6 Å². The fourth-order valence-corrected chi connectivity index (χ4v) is 6.24. The van der Waals surface area contributed by atoms with E-state index in [0.29, 0.717) is 12.1 Å². The van der Waals surface area contributed by atoms with E-state index in [1.807, 2.05) is 0 Å². The number of ether oxygens (including phenoxy) is 2. The van der Waals surface area contributed by atoms with Crippen LogP contribution in [0, 0.1) is 0 Å². The molecule has 5 rings (SSSR count). The van der Waals surface area contributed by atoms with E-state index in [-0.39, 0.29) is 6.10 Å². The largest absolute Gasteiger partial charge is 0.497 e. The van der Waals surface area contributed by atoms with Crippen LogP contribution in [0.5, 0.6) is 11.5 Å². The van der Waals surface area contributed by atoms with Gasteiger partial charge in [-0.3, -0.25) is 4.90 Å². The van der Waals surface area contributed by atoms with Gasteiger partial charge in [0.15, 0.2) is 0 Å². The second-order valence-electron chi connectivity index (χ2n) is 10.2. The maximum atomic E-state index is 6.30. The second kappa shape index (κ2) is 10.5. The lowest BCUT2D eigenvalue weighted by atomic mass is 9.87. The van der Waals surface area contributed by atoms with E-state index in [1.165, 1.54) is 61.6 Å². The van der Waals surface area contributed by atoms with Crippen LogP contribution in [0.2, 0.25) is 0 Å². The van der Waals surface area contributed by atoms with Crippen LogP contribution in [-0.4, -0.2) is 43.3 Å². The molecule has 1 N–H and O–H groups in total. The molecule has 3 aliphatic rings. The molecule has 0 amide bonds. The first-order valence-corrected chi connectivity index (χ1v) is 13.1. The minimum atomic E-state index is 0.203. The number of nitrogens with zero attached hydrogens (tertiary/aromatic N) is 1. The normalized spacial score (nSPS) is 24.9. The third-order valence-corrected chi connectivity index (χ3v) is 8.13. The minimum absolute atomic E-state index is 0.203. The Bertz CT molecular complexity index is 900. The zero-order valence-electron chi connectivity index (χ0n) is 20.4. The van der Waals surface area contributed by atoms with Gasteiger partial charge in [-0.1, -0.05) is 37.5 Å². The molecule has 1 saturated heterocycles. The molecule has 0 bridgehead atoms. The molecule has 2 fully saturated rings. The molecule has 0 radical (unpaired) electrons. The van der Waals surface area contributed by atoms with Gasteiger partial charge in [-0.25, -0.2) is 0 Å². The third kappa shape index (κ3) is 5.22. The van der Waals surface area contributed by atoms with Crippen molar-refractivity contribution in [3.05, 3.63) is 59.2 Å². The van der Waals surface area contributed by atoms with Crippen LogP contribution < -0.4 is 14.8 Å². The standard InChI is InChI=1S/C29H40N2O2/c1-21(28-9-5-6-17-30-28)33-25-12-10-22(11-13-25)19-29-27-15-14-26(32-2)20-23(27)16-18-31(29)24-7-3-4-8-24/h10-15,20-21,24,28-30H,3-9,16-19H2,1-2H3. The van der Waals surface area contributed by atoms with E-state index in [2.05, 4.69) is 59.6 Å². The van der Waals surface area contributed by atoms with E-state index < -0.39 is 0 Å². The molecule has 2 aromatic carbocycles. The van der Waals surface area contributed by atoms with E-state index in [9.17, 15) is 0 Å². The molecule has 3 unspecified atom stereocenters. The number of rotatable bonds is 7. The lowest BCUT2D eigenvalue weighted by molar-refractivity contribution is 0.124. The number of fused-ring (bicyclic) bond motifs is 1. The van der Waals surface area contributed by atoms with Crippen molar-refractivity contribution in [3.8, 4) is 11.5 Å².